The van der Waals surface area contributed by atoms with E-state index in [1.165, 1.54) is 0 Å². The number of benzene rings is 1. The number of carbonyl (C=O) groups is 1. The largest absolute Gasteiger partial charge is 0.495 e. The molecule has 0 spiro atoms. The Morgan fingerprint density at radius 2 is 1.88 bits per heavy atom. The summed E-state index contributed by atoms with van der Waals surface area (Å²) in [5.41, 5.74) is 10.8. The van der Waals surface area contributed by atoms with Gasteiger partial charge in [-0.15, -0.1) is 0 Å². The molecule has 0 aliphatic heterocycles. The third-order valence-corrected chi connectivity index (χ3v) is 14.1. The highest BCUT2D eigenvalue weighted by Gasteiger charge is 2.70. The third-order valence-electron chi connectivity index (χ3n) is 9.58. The molecule has 1 atom stereocenters. The van der Waals surface area contributed by atoms with E-state index < -0.39 is 13.7 Å². The first-order valence-corrected chi connectivity index (χ1v) is 17.1. The Morgan fingerprint density at radius 1 is 1.15 bits per heavy atom. The van der Waals surface area contributed by atoms with Crippen molar-refractivity contribution in [3.8, 4) is 28.3 Å². The fourth-order valence-corrected chi connectivity index (χ4v) is 7.06. The van der Waals surface area contributed by atoms with Crippen molar-refractivity contribution in [2.45, 2.75) is 64.2 Å². The maximum absolute atomic E-state index is 12.4. The lowest BCUT2D eigenvalue weighted by molar-refractivity contribution is -0.173. The van der Waals surface area contributed by atoms with E-state index in [1.807, 2.05) is 47.3 Å². The highest BCUT2D eigenvalue weighted by molar-refractivity contribution is 6.74. The zero-order valence-electron chi connectivity index (χ0n) is 24.6. The normalized spacial score (nSPS) is 21.8. The van der Waals surface area contributed by atoms with Crippen molar-refractivity contribution in [2.24, 2.45) is 17.1 Å². The number of amides is 1. The summed E-state index contributed by atoms with van der Waals surface area (Å²) in [4.78, 5) is 26.7. The van der Waals surface area contributed by atoms with Crippen molar-refractivity contribution < 1.29 is 14.0 Å². The van der Waals surface area contributed by atoms with Crippen LogP contribution in [0.15, 0.2) is 48.9 Å². The maximum Gasteiger partial charge on any atom is 0.224 e. The van der Waals surface area contributed by atoms with Crippen molar-refractivity contribution in [1.82, 2.24) is 24.7 Å². The number of ether oxygens (including phenoxy) is 1. The van der Waals surface area contributed by atoms with Crippen LogP contribution in [0.2, 0.25) is 18.1 Å². The fourth-order valence-electron chi connectivity index (χ4n) is 6.03. The van der Waals surface area contributed by atoms with Crippen LogP contribution in [0.3, 0.4) is 0 Å². The fraction of sp³-hybridized carbons (Fsp3) is 0.452. The van der Waals surface area contributed by atoms with Gasteiger partial charge in [-0.25, -0.2) is 15.0 Å². The summed E-state index contributed by atoms with van der Waals surface area (Å²) in [6.07, 6.45) is 5.21. The average molecular weight is 571 g/mol. The second-order valence-electron chi connectivity index (χ2n) is 13.0. The number of methoxy groups -OCH3 is 1. The first kappa shape index (κ1) is 27.5. The number of carbonyl (C=O) groups excluding carboxylic acids is 1. The first-order chi connectivity index (χ1) is 19.4. The molecule has 9 nitrogen and oxygen atoms in total. The van der Waals surface area contributed by atoms with Gasteiger partial charge in [0, 0.05) is 29.3 Å². The lowest BCUT2D eigenvalue weighted by atomic mass is 9.36. The highest BCUT2D eigenvalue weighted by Crippen LogP contribution is 2.73. The molecule has 3 heterocycles. The first-order valence-electron chi connectivity index (χ1n) is 14.2. The summed E-state index contributed by atoms with van der Waals surface area (Å²) < 4.78 is 14.1. The number of fused-ring (bicyclic) bond motifs is 1. The molecule has 1 unspecified atom stereocenters. The number of hydrogen-bond donors (Lipinski definition) is 1. The summed E-state index contributed by atoms with van der Waals surface area (Å²) in [6.45, 7) is 12.4. The summed E-state index contributed by atoms with van der Waals surface area (Å²) >= 11 is 0. The monoisotopic (exact) mass is 570 g/mol. The molecule has 2 N–H and O–H groups in total. The minimum absolute atomic E-state index is 0.0452. The van der Waals surface area contributed by atoms with E-state index in [2.05, 4.69) is 38.8 Å². The molecular weight excluding hydrogens is 532 g/mol. The Balaban J connectivity index is 1.43. The minimum atomic E-state index is -1.89. The zero-order chi connectivity index (χ0) is 29.2. The predicted molar refractivity (Wildman–Crippen MR) is 161 cm³/mol. The molecule has 41 heavy (non-hydrogen) atoms. The zero-order valence-corrected chi connectivity index (χ0v) is 25.6. The second kappa shape index (κ2) is 9.73. The number of aromatic nitrogens is 5. The van der Waals surface area contributed by atoms with Crippen LogP contribution < -0.4 is 10.5 Å². The van der Waals surface area contributed by atoms with Crippen LogP contribution in [-0.2, 0) is 15.8 Å². The van der Waals surface area contributed by atoms with Crippen molar-refractivity contribution >= 4 is 25.3 Å². The molecule has 0 radical (unpaired) electrons. The van der Waals surface area contributed by atoms with Gasteiger partial charge in [0.05, 0.1) is 36.9 Å². The smallest absolute Gasteiger partial charge is 0.224 e. The van der Waals surface area contributed by atoms with Crippen LogP contribution in [0.25, 0.3) is 33.5 Å². The Bertz CT molecular complexity index is 1620. The Kier molecular flexibility index (Phi) is 6.54. The van der Waals surface area contributed by atoms with Gasteiger partial charge in [0.2, 0.25) is 5.91 Å². The Hall–Kier alpha value is -3.63. The van der Waals surface area contributed by atoms with Crippen molar-refractivity contribution in [3.05, 3.63) is 54.6 Å². The molecule has 3 saturated carbocycles. The second-order valence-corrected chi connectivity index (χ2v) is 17.8. The molecule has 10 heteroatoms. The number of primary amides is 1. The maximum atomic E-state index is 12.4. The summed E-state index contributed by atoms with van der Waals surface area (Å²) in [5.74, 6) is 0.712. The van der Waals surface area contributed by atoms with E-state index in [4.69, 9.17) is 30.0 Å². The average Bonchev–Trinajstić information content (AvgIpc) is 3.30. The predicted octanol–water partition coefficient (Wildman–Crippen LogP) is 5.56. The standard InChI is InChI=1S/C31H38N6O3Si/c1-30(2,3)41(5,6)40-13-12-37-17-21(25(36-37)19-10-8-7-9-11-19)26-27-22(33-18-34-26)14-23(39-4)28(35-27)24-20-15-31(24,16-20)29(32)38/h7-11,14,17-18,20,24H,12-13,15-16H2,1-6H3,(H2,32,38). The van der Waals surface area contributed by atoms with Crippen LogP contribution in [0.1, 0.15) is 45.2 Å². The van der Waals surface area contributed by atoms with Crippen LogP contribution in [0.5, 0.6) is 5.75 Å². The van der Waals surface area contributed by atoms with Gasteiger partial charge < -0.3 is 14.9 Å². The van der Waals surface area contributed by atoms with Crippen molar-refractivity contribution in [2.75, 3.05) is 13.7 Å². The Morgan fingerprint density at radius 3 is 2.49 bits per heavy atom. The number of pyridine rings is 1. The highest BCUT2D eigenvalue weighted by atomic mass is 28.4. The molecule has 0 saturated heterocycles. The molecule has 3 aromatic heterocycles. The molecule has 1 aromatic carbocycles. The van der Waals surface area contributed by atoms with Gasteiger partial charge in [0.15, 0.2) is 8.32 Å². The quantitative estimate of drug-likeness (QED) is 0.262. The van der Waals surface area contributed by atoms with Gasteiger partial charge in [-0.2, -0.15) is 5.10 Å². The topological polar surface area (TPSA) is 118 Å². The van der Waals surface area contributed by atoms with Gasteiger partial charge in [-0.05, 0) is 36.9 Å². The third kappa shape index (κ3) is 4.44. The summed E-state index contributed by atoms with van der Waals surface area (Å²) in [7, 11) is -0.263. The van der Waals surface area contributed by atoms with Crippen LogP contribution >= 0.6 is 0 Å². The number of hydrogen-bond acceptors (Lipinski definition) is 7. The molecule has 1 amide bonds. The van der Waals surface area contributed by atoms with Crippen LogP contribution in [0.4, 0.5) is 0 Å². The van der Waals surface area contributed by atoms with Gasteiger partial charge in [-0.1, -0.05) is 51.1 Å². The number of nitrogens with zero attached hydrogens (tertiary/aromatic N) is 5. The van der Waals surface area contributed by atoms with E-state index >= 15 is 0 Å². The van der Waals surface area contributed by atoms with Crippen LogP contribution in [0, 0.1) is 11.3 Å². The van der Waals surface area contributed by atoms with E-state index in [-0.39, 0.29) is 16.9 Å². The van der Waals surface area contributed by atoms with Gasteiger partial charge in [0.25, 0.3) is 0 Å². The molecular formula is C31H38N6O3Si. The van der Waals surface area contributed by atoms with Gasteiger partial charge in [0.1, 0.15) is 29.0 Å². The number of nitrogens with two attached hydrogens (primary N) is 1. The molecule has 3 fully saturated rings. The molecule has 3 aliphatic carbocycles. The minimum Gasteiger partial charge on any atom is -0.495 e. The van der Waals surface area contributed by atoms with Crippen molar-refractivity contribution in [3.63, 3.8) is 0 Å². The molecule has 2 bridgehead atoms. The number of rotatable bonds is 9. The molecule has 7 rings (SSSR count). The summed E-state index contributed by atoms with van der Waals surface area (Å²) in [5, 5.41) is 5.13. The van der Waals surface area contributed by atoms with E-state index in [0.29, 0.717) is 41.5 Å². The van der Waals surface area contributed by atoms with Crippen molar-refractivity contribution in [1.29, 1.82) is 0 Å². The van der Waals surface area contributed by atoms with Gasteiger partial charge >= 0.3 is 0 Å². The summed E-state index contributed by atoms with van der Waals surface area (Å²) in [6, 6.07) is 12.0. The van der Waals surface area contributed by atoms with E-state index in [1.54, 1.807) is 13.4 Å². The lowest BCUT2D eigenvalue weighted by Gasteiger charge is -2.66. The molecule has 3 aliphatic rings. The van der Waals surface area contributed by atoms with E-state index in [0.717, 1.165) is 35.4 Å². The SMILES string of the molecule is COc1cc2ncnc(-c3cn(CCO[Si](C)(C)C(C)(C)C)nc3-c3ccccc3)c2nc1C1C2CC1(C(N)=O)C2. The van der Waals surface area contributed by atoms with Crippen LogP contribution in [-0.4, -0.2) is 52.7 Å². The van der Waals surface area contributed by atoms with E-state index in [9.17, 15) is 4.79 Å². The molecule has 4 aromatic rings. The Labute approximate surface area is 241 Å². The molecule has 214 valence electrons. The lowest BCUT2D eigenvalue weighted by Crippen LogP contribution is -2.65. The van der Waals surface area contributed by atoms with Gasteiger partial charge in [-0.3, -0.25) is 9.48 Å².